The van der Waals surface area contributed by atoms with E-state index in [1.807, 2.05) is 6.07 Å². The zero-order valence-corrected chi connectivity index (χ0v) is 12.5. The SMILES string of the molecule is COC1(OC)C(Br)=C[C@@](O)(CC#N)[C@@H](O)[C@@H]1Br. The highest BCUT2D eigenvalue weighted by molar-refractivity contribution is 9.12. The van der Waals surface area contributed by atoms with Gasteiger partial charge in [0.25, 0.3) is 0 Å². The van der Waals surface area contributed by atoms with Gasteiger partial charge in [-0.05, 0) is 22.0 Å². The van der Waals surface area contributed by atoms with Crippen molar-refractivity contribution in [1.82, 2.24) is 0 Å². The van der Waals surface area contributed by atoms with E-state index in [-0.39, 0.29) is 6.42 Å². The van der Waals surface area contributed by atoms with E-state index >= 15 is 0 Å². The smallest absolute Gasteiger partial charge is 0.216 e. The molecule has 0 aromatic heterocycles. The molecule has 0 saturated carbocycles. The van der Waals surface area contributed by atoms with E-state index in [0.29, 0.717) is 4.48 Å². The maximum absolute atomic E-state index is 10.2. The highest BCUT2D eigenvalue weighted by Crippen LogP contribution is 2.45. The van der Waals surface area contributed by atoms with E-state index < -0.39 is 22.3 Å². The summed E-state index contributed by atoms with van der Waals surface area (Å²) in [7, 11) is 2.85. The van der Waals surface area contributed by atoms with Crippen LogP contribution in [0.2, 0.25) is 0 Å². The molecule has 1 aliphatic carbocycles. The van der Waals surface area contributed by atoms with Crippen molar-refractivity contribution in [2.45, 2.75) is 28.7 Å². The van der Waals surface area contributed by atoms with Gasteiger partial charge in [-0.3, -0.25) is 0 Å². The molecule has 2 N–H and O–H groups in total. The Kier molecular flexibility index (Phi) is 4.74. The second-order valence-electron chi connectivity index (χ2n) is 3.74. The number of methoxy groups -OCH3 is 2. The summed E-state index contributed by atoms with van der Waals surface area (Å²) in [5.74, 6) is -1.22. The van der Waals surface area contributed by atoms with Gasteiger partial charge in [-0.15, -0.1) is 0 Å². The van der Waals surface area contributed by atoms with E-state index in [1.54, 1.807) is 0 Å². The van der Waals surface area contributed by atoms with E-state index in [9.17, 15) is 10.2 Å². The van der Waals surface area contributed by atoms with Crippen molar-refractivity contribution < 1.29 is 19.7 Å². The highest BCUT2D eigenvalue weighted by Gasteiger charge is 2.55. The molecule has 0 spiro atoms. The maximum Gasteiger partial charge on any atom is 0.216 e. The van der Waals surface area contributed by atoms with E-state index in [0.717, 1.165) is 0 Å². The Bertz CT molecular complexity index is 364. The number of hydrogen-bond acceptors (Lipinski definition) is 5. The van der Waals surface area contributed by atoms with E-state index in [2.05, 4.69) is 31.9 Å². The second kappa shape index (κ2) is 5.34. The fourth-order valence-electron chi connectivity index (χ4n) is 1.78. The number of rotatable bonds is 3. The third-order valence-corrected chi connectivity index (χ3v) is 4.72. The zero-order chi connectivity index (χ0) is 13.3. The number of ether oxygens (including phenoxy) is 2. The highest BCUT2D eigenvalue weighted by atomic mass is 79.9. The molecule has 0 unspecified atom stereocenters. The molecular formula is C10H13Br2NO4. The van der Waals surface area contributed by atoms with Gasteiger partial charge in [-0.25, -0.2) is 0 Å². The molecule has 0 aromatic rings. The van der Waals surface area contributed by atoms with Crippen molar-refractivity contribution in [3.8, 4) is 6.07 Å². The summed E-state index contributed by atoms with van der Waals surface area (Å²) < 4.78 is 10.9. The van der Waals surface area contributed by atoms with Gasteiger partial charge in [-0.1, -0.05) is 15.9 Å². The number of nitriles is 1. The minimum Gasteiger partial charge on any atom is -0.388 e. The van der Waals surface area contributed by atoms with Crippen LogP contribution >= 0.6 is 31.9 Å². The summed E-state index contributed by atoms with van der Waals surface area (Å²) in [6.07, 6.45) is -0.121. The molecule has 0 saturated heterocycles. The van der Waals surface area contributed by atoms with E-state index in [1.165, 1.54) is 20.3 Å². The predicted molar refractivity (Wildman–Crippen MR) is 67.7 cm³/mol. The summed E-state index contributed by atoms with van der Waals surface area (Å²) in [5, 5.41) is 28.9. The van der Waals surface area contributed by atoms with Crippen molar-refractivity contribution in [3.63, 3.8) is 0 Å². The summed E-state index contributed by atoms with van der Waals surface area (Å²) >= 11 is 6.49. The van der Waals surface area contributed by atoms with Crippen LogP contribution < -0.4 is 0 Å². The minimum absolute atomic E-state index is 0.227. The molecular weight excluding hydrogens is 358 g/mol. The van der Waals surface area contributed by atoms with Gasteiger partial charge in [-0.2, -0.15) is 5.26 Å². The topological polar surface area (TPSA) is 82.7 Å². The van der Waals surface area contributed by atoms with Crippen LogP contribution in [0.5, 0.6) is 0 Å². The Hall–Kier alpha value is 0.0300. The lowest BCUT2D eigenvalue weighted by Crippen LogP contribution is -2.60. The fourth-order valence-corrected chi connectivity index (χ4v) is 4.14. The molecule has 1 rings (SSSR count). The van der Waals surface area contributed by atoms with Gasteiger partial charge in [0.15, 0.2) is 0 Å². The Morgan fingerprint density at radius 3 is 2.47 bits per heavy atom. The Morgan fingerprint density at radius 2 is 2.06 bits per heavy atom. The molecule has 0 amide bonds. The van der Waals surface area contributed by atoms with Gasteiger partial charge in [0.1, 0.15) is 16.5 Å². The average molecular weight is 371 g/mol. The van der Waals surface area contributed by atoms with Crippen molar-refractivity contribution >= 4 is 31.9 Å². The van der Waals surface area contributed by atoms with E-state index in [4.69, 9.17) is 14.7 Å². The van der Waals surface area contributed by atoms with Gasteiger partial charge in [0.05, 0.1) is 17.0 Å². The molecule has 96 valence electrons. The number of aliphatic hydroxyl groups excluding tert-OH is 1. The summed E-state index contributed by atoms with van der Waals surface area (Å²) in [4.78, 5) is -0.720. The largest absolute Gasteiger partial charge is 0.388 e. The summed E-state index contributed by atoms with van der Waals surface area (Å²) in [6.45, 7) is 0. The van der Waals surface area contributed by atoms with Crippen LogP contribution in [-0.4, -0.2) is 46.8 Å². The van der Waals surface area contributed by atoms with Crippen LogP contribution in [0.25, 0.3) is 0 Å². The van der Waals surface area contributed by atoms with Crippen molar-refractivity contribution in [2.24, 2.45) is 0 Å². The molecule has 3 atom stereocenters. The van der Waals surface area contributed by atoms with Crippen molar-refractivity contribution in [1.29, 1.82) is 5.26 Å². The summed E-state index contributed by atoms with van der Waals surface area (Å²) in [6, 6.07) is 1.83. The number of nitrogens with zero attached hydrogens (tertiary/aromatic N) is 1. The number of hydrogen-bond donors (Lipinski definition) is 2. The first-order valence-electron chi connectivity index (χ1n) is 4.78. The molecule has 0 fully saturated rings. The molecule has 0 aromatic carbocycles. The first-order valence-corrected chi connectivity index (χ1v) is 6.49. The second-order valence-corrected chi connectivity index (χ2v) is 5.58. The lowest BCUT2D eigenvalue weighted by atomic mass is 9.83. The molecule has 0 radical (unpaired) electrons. The van der Waals surface area contributed by atoms with Gasteiger partial charge in [0, 0.05) is 14.2 Å². The average Bonchev–Trinajstić information content (AvgIpc) is 2.28. The van der Waals surface area contributed by atoms with Crippen LogP contribution in [0.3, 0.4) is 0 Å². The predicted octanol–water partition coefficient (Wildman–Crippen LogP) is 1.04. The number of alkyl halides is 1. The lowest BCUT2D eigenvalue weighted by molar-refractivity contribution is -0.204. The molecule has 0 bridgehead atoms. The van der Waals surface area contributed by atoms with Crippen LogP contribution in [0.1, 0.15) is 6.42 Å². The normalized spacial score (nSPS) is 36.2. The van der Waals surface area contributed by atoms with Gasteiger partial charge < -0.3 is 19.7 Å². The Labute approximate surface area is 116 Å². The fraction of sp³-hybridized carbons (Fsp3) is 0.700. The Morgan fingerprint density at radius 1 is 1.53 bits per heavy atom. The van der Waals surface area contributed by atoms with Crippen LogP contribution in [0.4, 0.5) is 0 Å². The lowest BCUT2D eigenvalue weighted by Gasteiger charge is -2.45. The standard InChI is InChI=1S/C10H13Br2NO4/c1-16-10(17-2)6(11)5-9(15,3-4-13)8(14)7(10)12/h5,7-8,14-15H,3H2,1-2H3/t7-,8-,9-/m0/s1. The monoisotopic (exact) mass is 369 g/mol. The van der Waals surface area contributed by atoms with Gasteiger partial charge >= 0.3 is 0 Å². The first-order chi connectivity index (χ1) is 7.88. The van der Waals surface area contributed by atoms with Crippen LogP contribution in [0, 0.1) is 11.3 Å². The maximum atomic E-state index is 10.2. The quantitative estimate of drug-likeness (QED) is 0.572. The molecule has 0 aliphatic heterocycles. The molecule has 5 nitrogen and oxygen atoms in total. The molecule has 1 aliphatic rings. The number of halogens is 2. The van der Waals surface area contributed by atoms with Crippen LogP contribution in [0.15, 0.2) is 10.6 Å². The third-order valence-electron chi connectivity index (χ3n) is 2.83. The van der Waals surface area contributed by atoms with Gasteiger partial charge in [0.2, 0.25) is 5.79 Å². The first kappa shape index (κ1) is 15.1. The Balaban J connectivity index is 3.27. The molecule has 0 heterocycles. The number of aliphatic hydroxyl groups is 2. The van der Waals surface area contributed by atoms with Crippen molar-refractivity contribution in [2.75, 3.05) is 14.2 Å². The zero-order valence-electron chi connectivity index (χ0n) is 9.35. The minimum atomic E-state index is -1.64. The van der Waals surface area contributed by atoms with Crippen molar-refractivity contribution in [3.05, 3.63) is 10.6 Å². The summed E-state index contributed by atoms with van der Waals surface area (Å²) in [5.41, 5.74) is -1.64. The van der Waals surface area contributed by atoms with Crippen LogP contribution in [-0.2, 0) is 9.47 Å². The third kappa shape index (κ3) is 2.30. The molecule has 17 heavy (non-hydrogen) atoms. The molecule has 7 heteroatoms.